The van der Waals surface area contributed by atoms with Crippen LogP contribution in [-0.2, 0) is 21.7 Å². The van der Waals surface area contributed by atoms with Gasteiger partial charge in [-0.25, -0.2) is 0 Å². The summed E-state index contributed by atoms with van der Waals surface area (Å²) in [5.41, 5.74) is 6.18. The fraction of sp³-hybridized carbons (Fsp3) is 0.455. The Bertz CT molecular complexity index is 1960. The summed E-state index contributed by atoms with van der Waals surface area (Å²) in [5, 5.41) is 68.9. The van der Waals surface area contributed by atoms with Crippen molar-refractivity contribution in [2.45, 2.75) is 128 Å². The molecule has 4 aromatic rings. The predicted octanol–water partition coefficient (Wildman–Crippen LogP) is 10.3. The van der Waals surface area contributed by atoms with E-state index in [9.17, 15) is 30.6 Å². The SMILES string of the molecule is CC(C)(C)c1cc(C2C3c4cc(O)cc(O)c4[C@H](c4cc(C(C)(C)C)c(O)c(C(C)(C)C)c4)C2c2cc(O)cc(O)c23)cc(C(C)(C)C)c1O. The van der Waals surface area contributed by atoms with E-state index in [1.165, 1.54) is 12.1 Å². The molecule has 6 rings (SSSR count). The molecule has 0 radical (unpaired) electrons. The third kappa shape index (κ3) is 5.56. The summed E-state index contributed by atoms with van der Waals surface area (Å²) in [6.07, 6.45) is 0. The molecule has 0 aromatic heterocycles. The summed E-state index contributed by atoms with van der Waals surface area (Å²) in [5.74, 6) is -1.40. The second-order valence-corrected chi connectivity index (χ2v) is 18.9. The van der Waals surface area contributed by atoms with Gasteiger partial charge >= 0.3 is 0 Å². The van der Waals surface area contributed by atoms with Crippen molar-refractivity contribution in [3.8, 4) is 34.5 Å². The highest BCUT2D eigenvalue weighted by molar-refractivity contribution is 5.70. The lowest BCUT2D eigenvalue weighted by Crippen LogP contribution is -2.28. The van der Waals surface area contributed by atoms with Gasteiger partial charge in [0, 0.05) is 46.9 Å². The van der Waals surface area contributed by atoms with Crippen molar-refractivity contribution < 1.29 is 30.6 Å². The summed E-state index contributed by atoms with van der Waals surface area (Å²) in [6, 6.07) is 14.4. The minimum absolute atomic E-state index is 0.0470. The molecule has 2 aliphatic carbocycles. The highest BCUT2D eigenvalue weighted by atomic mass is 16.3. The van der Waals surface area contributed by atoms with Gasteiger partial charge in [0.15, 0.2) is 0 Å². The molecular weight excluding hydrogens is 624 g/mol. The van der Waals surface area contributed by atoms with E-state index in [0.717, 1.165) is 38.9 Å². The highest BCUT2D eigenvalue weighted by Gasteiger charge is 2.54. The van der Waals surface area contributed by atoms with Crippen LogP contribution in [0, 0.1) is 0 Å². The van der Waals surface area contributed by atoms with Crippen LogP contribution in [0.3, 0.4) is 0 Å². The van der Waals surface area contributed by atoms with Crippen LogP contribution in [0.1, 0.15) is 162 Å². The molecule has 2 aliphatic rings. The average Bonchev–Trinajstić information content (AvgIpc) is 3.21. The molecule has 0 saturated carbocycles. The molecule has 50 heavy (non-hydrogen) atoms. The van der Waals surface area contributed by atoms with Crippen LogP contribution in [0.15, 0.2) is 48.5 Å². The molecule has 6 N–H and O–H groups in total. The number of fused-ring (bicyclic) bond motifs is 7. The Balaban J connectivity index is 1.80. The molecule has 0 spiro atoms. The van der Waals surface area contributed by atoms with E-state index in [2.05, 4.69) is 95.2 Å². The summed E-state index contributed by atoms with van der Waals surface area (Å²) in [7, 11) is 0. The Hall–Kier alpha value is -4.32. The number of phenols is 6. The van der Waals surface area contributed by atoms with Crippen molar-refractivity contribution in [1.29, 1.82) is 0 Å². The first-order valence-corrected chi connectivity index (χ1v) is 17.7. The third-order valence-corrected chi connectivity index (χ3v) is 11.0. The highest BCUT2D eigenvalue weighted by Crippen LogP contribution is 2.69. The maximum Gasteiger partial charge on any atom is 0.123 e. The first-order valence-electron chi connectivity index (χ1n) is 17.7. The summed E-state index contributed by atoms with van der Waals surface area (Å²) in [4.78, 5) is 0. The Kier molecular flexibility index (Phi) is 7.87. The van der Waals surface area contributed by atoms with Crippen LogP contribution in [-0.4, -0.2) is 30.6 Å². The van der Waals surface area contributed by atoms with Crippen molar-refractivity contribution in [2.24, 2.45) is 0 Å². The zero-order chi connectivity index (χ0) is 37.2. The molecule has 6 nitrogen and oxygen atoms in total. The second kappa shape index (κ2) is 11.1. The molecule has 4 atom stereocenters. The van der Waals surface area contributed by atoms with E-state index >= 15 is 0 Å². The van der Waals surface area contributed by atoms with E-state index < -0.39 is 33.5 Å². The Morgan fingerprint density at radius 2 is 0.720 bits per heavy atom. The van der Waals surface area contributed by atoms with Crippen LogP contribution in [0.2, 0.25) is 0 Å². The Labute approximate surface area is 297 Å². The zero-order valence-electron chi connectivity index (χ0n) is 31.6. The maximum atomic E-state index is 11.8. The van der Waals surface area contributed by atoms with Gasteiger partial charge in [-0.3, -0.25) is 0 Å². The van der Waals surface area contributed by atoms with Crippen molar-refractivity contribution in [1.82, 2.24) is 0 Å². The van der Waals surface area contributed by atoms with Crippen LogP contribution in [0.4, 0.5) is 0 Å². The number of rotatable bonds is 2. The number of hydrogen-bond donors (Lipinski definition) is 6. The normalized spacial score (nSPS) is 20.5. The minimum Gasteiger partial charge on any atom is -0.508 e. The van der Waals surface area contributed by atoms with Gasteiger partial charge in [-0.2, -0.15) is 0 Å². The van der Waals surface area contributed by atoms with Gasteiger partial charge in [0.2, 0.25) is 0 Å². The van der Waals surface area contributed by atoms with Crippen molar-refractivity contribution >= 4 is 0 Å². The van der Waals surface area contributed by atoms with Gasteiger partial charge in [-0.15, -0.1) is 0 Å². The van der Waals surface area contributed by atoms with Crippen LogP contribution < -0.4 is 0 Å². The monoisotopic (exact) mass is 678 g/mol. The van der Waals surface area contributed by atoms with Gasteiger partial charge in [0.25, 0.3) is 0 Å². The van der Waals surface area contributed by atoms with Crippen molar-refractivity contribution in [3.05, 3.63) is 104 Å². The molecule has 4 aromatic carbocycles. The summed E-state index contributed by atoms with van der Waals surface area (Å²) < 4.78 is 0. The van der Waals surface area contributed by atoms with Gasteiger partial charge in [0.05, 0.1) is 0 Å². The molecule has 266 valence electrons. The second-order valence-electron chi connectivity index (χ2n) is 18.9. The molecule has 0 amide bonds. The topological polar surface area (TPSA) is 121 Å². The van der Waals surface area contributed by atoms with Crippen LogP contribution >= 0.6 is 0 Å². The van der Waals surface area contributed by atoms with E-state index in [4.69, 9.17) is 0 Å². The fourth-order valence-electron chi connectivity index (χ4n) is 8.74. The lowest BCUT2D eigenvalue weighted by atomic mass is 9.61. The number of phenolic OH excluding ortho intramolecular Hbond substituents is 6. The maximum absolute atomic E-state index is 11.8. The van der Waals surface area contributed by atoms with E-state index in [1.54, 1.807) is 12.1 Å². The molecule has 0 aliphatic heterocycles. The van der Waals surface area contributed by atoms with Gasteiger partial charge in [-0.05, 0) is 78.3 Å². The van der Waals surface area contributed by atoms with Crippen molar-refractivity contribution in [3.63, 3.8) is 0 Å². The molecular formula is C44H54O6. The van der Waals surface area contributed by atoms with Gasteiger partial charge < -0.3 is 30.6 Å². The first kappa shape index (κ1) is 35.5. The lowest BCUT2D eigenvalue weighted by Gasteiger charge is -2.41. The standard InChI is InChI=1S/C44H54O6/c1-41(2,3)27-13-21(14-28(39(27)49)42(4,5)6)33-35-25(17-23(45)19-31(35)47)38-34(37(33)26-18-24(46)20-32(48)36(26)38)22-15-29(43(7,8)9)40(50)30(16-22)44(10,11)12/h13-20,33-34,37-38,45-50H,1-12H3/t33-,34?,37?,38?/m0/s1. The zero-order valence-corrected chi connectivity index (χ0v) is 31.6. The fourth-order valence-corrected chi connectivity index (χ4v) is 8.74. The summed E-state index contributed by atoms with van der Waals surface area (Å²) >= 11 is 0. The van der Waals surface area contributed by atoms with E-state index in [1.807, 2.05) is 12.1 Å². The summed E-state index contributed by atoms with van der Waals surface area (Å²) in [6.45, 7) is 24.9. The van der Waals surface area contributed by atoms with Crippen LogP contribution in [0.5, 0.6) is 34.5 Å². The van der Waals surface area contributed by atoms with Gasteiger partial charge in [0.1, 0.15) is 34.5 Å². The number of aromatic hydroxyl groups is 6. The molecule has 2 bridgehead atoms. The predicted molar refractivity (Wildman–Crippen MR) is 200 cm³/mol. The molecule has 0 heterocycles. The molecule has 3 unspecified atom stereocenters. The lowest BCUT2D eigenvalue weighted by molar-refractivity contribution is 0.400. The number of hydrogen-bond acceptors (Lipinski definition) is 6. The van der Waals surface area contributed by atoms with E-state index in [-0.39, 0.29) is 46.3 Å². The third-order valence-electron chi connectivity index (χ3n) is 11.0. The quantitative estimate of drug-likeness (QED) is 0.126. The van der Waals surface area contributed by atoms with Crippen LogP contribution in [0.25, 0.3) is 0 Å². The van der Waals surface area contributed by atoms with Gasteiger partial charge in [-0.1, -0.05) is 107 Å². The van der Waals surface area contributed by atoms with Crippen molar-refractivity contribution in [2.75, 3.05) is 0 Å². The molecule has 0 fully saturated rings. The smallest absolute Gasteiger partial charge is 0.123 e. The number of benzene rings is 4. The minimum atomic E-state index is -0.498. The Morgan fingerprint density at radius 1 is 0.380 bits per heavy atom. The average molecular weight is 679 g/mol. The van der Waals surface area contributed by atoms with E-state index in [0.29, 0.717) is 16.7 Å². The molecule has 0 saturated heterocycles. The molecule has 6 heteroatoms. The first-order chi connectivity index (χ1) is 22.8. The largest absolute Gasteiger partial charge is 0.508 e. The Morgan fingerprint density at radius 3 is 1.10 bits per heavy atom.